The molecule has 1 rings (SSSR count). The summed E-state index contributed by atoms with van der Waals surface area (Å²) < 4.78 is 88.8. The molecule has 6 nitrogen and oxygen atoms in total. The number of methoxy groups -OCH3 is 2. The van der Waals surface area contributed by atoms with E-state index in [-0.39, 0.29) is 18.6 Å². The summed E-state index contributed by atoms with van der Waals surface area (Å²) >= 11 is 0. The van der Waals surface area contributed by atoms with Gasteiger partial charge >= 0.3 is 6.09 Å². The van der Waals surface area contributed by atoms with Crippen LogP contribution in [0, 0.1) is 35.0 Å². The molecule has 1 N–H and O–H groups in total. The second-order valence-corrected chi connectivity index (χ2v) is 9.14. The van der Waals surface area contributed by atoms with E-state index in [1.165, 1.54) is 33.5 Å². The number of unbranched alkanes of at least 4 members (excludes halogenated alkanes) is 6. The van der Waals surface area contributed by atoms with Crippen LogP contribution in [0.4, 0.5) is 26.7 Å². The molecule has 1 atom stereocenters. The van der Waals surface area contributed by atoms with Crippen molar-refractivity contribution in [2.75, 3.05) is 20.8 Å². The summed E-state index contributed by atoms with van der Waals surface area (Å²) in [4.78, 5) is 11.9. The number of amides is 1. The number of benzene rings is 1. The van der Waals surface area contributed by atoms with Gasteiger partial charge in [-0.15, -0.1) is 0 Å². The Morgan fingerprint density at radius 3 is 1.78 bits per heavy atom. The van der Waals surface area contributed by atoms with Gasteiger partial charge in [-0.2, -0.15) is 8.78 Å². The van der Waals surface area contributed by atoms with Crippen LogP contribution in [-0.2, 0) is 14.2 Å². The van der Waals surface area contributed by atoms with Gasteiger partial charge in [-0.3, -0.25) is 0 Å². The molecule has 1 unspecified atom stereocenters. The van der Waals surface area contributed by atoms with E-state index in [2.05, 4.69) is 17.0 Å². The molecular formula is C26H40F5NO5. The highest BCUT2D eigenvalue weighted by Crippen LogP contribution is 2.34. The minimum absolute atomic E-state index is 0.0516. The zero-order chi connectivity index (χ0) is 28.0. The van der Waals surface area contributed by atoms with Gasteiger partial charge in [-0.25, -0.2) is 18.0 Å². The highest BCUT2D eigenvalue weighted by atomic mass is 19.2. The Bertz CT molecular complexity index is 807. The van der Waals surface area contributed by atoms with Gasteiger partial charge in [0, 0.05) is 26.7 Å². The first-order valence-electron chi connectivity index (χ1n) is 12.8. The molecule has 11 heteroatoms. The van der Waals surface area contributed by atoms with Crippen molar-refractivity contribution < 1.29 is 45.7 Å². The molecule has 0 saturated heterocycles. The Morgan fingerprint density at radius 2 is 1.27 bits per heavy atom. The molecule has 0 aliphatic carbocycles. The maximum Gasteiger partial charge on any atom is 0.412 e. The lowest BCUT2D eigenvalue weighted by molar-refractivity contribution is -0.399. The number of ether oxygens (including phenoxy) is 4. The van der Waals surface area contributed by atoms with Gasteiger partial charge in [0.25, 0.3) is 5.97 Å². The van der Waals surface area contributed by atoms with Crippen LogP contribution in [0.15, 0.2) is 0 Å². The lowest BCUT2D eigenvalue weighted by Gasteiger charge is -2.39. The Hall–Kier alpha value is -1.98. The summed E-state index contributed by atoms with van der Waals surface area (Å²) in [5.74, 6) is -14.1. The van der Waals surface area contributed by atoms with Crippen LogP contribution in [0.5, 0.6) is 5.75 Å². The summed E-state index contributed by atoms with van der Waals surface area (Å²) in [6, 6.07) is 0. The van der Waals surface area contributed by atoms with Gasteiger partial charge in [0.2, 0.25) is 34.8 Å². The van der Waals surface area contributed by atoms with Crippen molar-refractivity contribution >= 4 is 6.09 Å². The standard InChI is InChI=1S/C26H40F5NO5/c1-6-7-8-9-10-11-14-18(26(34-4,35-5)37-17(2)3)15-12-13-16-32-25(33)36-24-22(30)20(28)19(27)21(29)23(24)31/h17-18H,6-16H2,1-5H3,(H,32,33). The zero-order valence-corrected chi connectivity index (χ0v) is 22.4. The lowest BCUT2D eigenvalue weighted by atomic mass is 9.92. The van der Waals surface area contributed by atoms with Crippen molar-refractivity contribution in [1.29, 1.82) is 0 Å². The summed E-state index contributed by atoms with van der Waals surface area (Å²) in [5, 5.41) is 2.26. The first-order chi connectivity index (χ1) is 17.5. The predicted octanol–water partition coefficient (Wildman–Crippen LogP) is 7.38. The molecule has 0 heterocycles. The highest BCUT2D eigenvalue weighted by Gasteiger charge is 2.41. The monoisotopic (exact) mass is 541 g/mol. The van der Waals surface area contributed by atoms with Crippen molar-refractivity contribution in [1.82, 2.24) is 5.32 Å². The maximum atomic E-state index is 13.7. The van der Waals surface area contributed by atoms with Crippen LogP contribution in [0.1, 0.15) is 85.0 Å². The number of hydrogen-bond donors (Lipinski definition) is 1. The Labute approximate surface area is 216 Å². The summed E-state index contributed by atoms with van der Waals surface area (Å²) in [5.41, 5.74) is 0. The van der Waals surface area contributed by atoms with Crippen molar-refractivity contribution in [3.8, 4) is 5.75 Å². The van der Waals surface area contributed by atoms with Crippen molar-refractivity contribution in [3.63, 3.8) is 0 Å². The van der Waals surface area contributed by atoms with Crippen LogP contribution in [-0.4, -0.2) is 38.9 Å². The number of rotatable bonds is 18. The smallest absolute Gasteiger partial charge is 0.404 e. The van der Waals surface area contributed by atoms with E-state index in [0.29, 0.717) is 19.3 Å². The quantitative estimate of drug-likeness (QED) is 0.0691. The fourth-order valence-electron chi connectivity index (χ4n) is 4.12. The summed E-state index contributed by atoms with van der Waals surface area (Å²) in [6.45, 7) is 5.98. The molecule has 0 aromatic heterocycles. The average molecular weight is 542 g/mol. The highest BCUT2D eigenvalue weighted by molar-refractivity contribution is 5.70. The van der Waals surface area contributed by atoms with E-state index in [1.807, 2.05) is 13.8 Å². The molecule has 1 amide bonds. The minimum atomic E-state index is -2.33. The molecule has 0 radical (unpaired) electrons. The van der Waals surface area contributed by atoms with Gasteiger partial charge < -0.3 is 24.3 Å². The maximum absolute atomic E-state index is 13.7. The van der Waals surface area contributed by atoms with Crippen LogP contribution in [0.3, 0.4) is 0 Å². The molecule has 0 saturated carbocycles. The fourth-order valence-corrected chi connectivity index (χ4v) is 4.12. The van der Waals surface area contributed by atoms with Crippen LogP contribution in [0.25, 0.3) is 0 Å². The average Bonchev–Trinajstić information content (AvgIpc) is 2.88. The SMILES string of the molecule is CCCCCCCCC(CCCCNC(=O)Oc1c(F)c(F)c(F)c(F)c1F)C(OC)(OC)OC(C)C. The molecule has 214 valence electrons. The van der Waals surface area contributed by atoms with Crippen LogP contribution in [0.2, 0.25) is 0 Å². The third-order valence-electron chi connectivity index (χ3n) is 5.99. The Morgan fingerprint density at radius 1 is 0.784 bits per heavy atom. The Balaban J connectivity index is 2.66. The summed E-state index contributed by atoms with van der Waals surface area (Å²) in [7, 11) is 3.05. The number of halogens is 5. The van der Waals surface area contributed by atoms with Gasteiger partial charge in [-0.05, 0) is 33.1 Å². The largest absolute Gasteiger partial charge is 0.412 e. The molecule has 0 aliphatic rings. The van der Waals surface area contributed by atoms with E-state index in [0.717, 1.165) is 25.7 Å². The van der Waals surface area contributed by atoms with Gasteiger partial charge in [-0.1, -0.05) is 51.9 Å². The van der Waals surface area contributed by atoms with Gasteiger partial charge in [0.1, 0.15) is 0 Å². The Kier molecular flexibility index (Phi) is 15.0. The van der Waals surface area contributed by atoms with Crippen molar-refractivity contribution in [2.45, 2.75) is 97.1 Å². The molecule has 37 heavy (non-hydrogen) atoms. The van der Waals surface area contributed by atoms with E-state index in [1.54, 1.807) is 0 Å². The van der Waals surface area contributed by atoms with E-state index in [4.69, 9.17) is 14.2 Å². The van der Waals surface area contributed by atoms with Crippen LogP contribution >= 0.6 is 0 Å². The molecule has 1 aromatic carbocycles. The first-order valence-corrected chi connectivity index (χ1v) is 12.8. The summed E-state index contributed by atoms with van der Waals surface area (Å²) in [6.07, 6.45) is 7.78. The topological polar surface area (TPSA) is 66.0 Å². The molecule has 0 bridgehead atoms. The second kappa shape index (κ2) is 16.8. The molecular weight excluding hydrogens is 501 g/mol. The normalized spacial score (nSPS) is 12.7. The molecule has 1 aromatic rings. The third-order valence-corrected chi connectivity index (χ3v) is 5.99. The third kappa shape index (κ3) is 10.0. The second-order valence-electron chi connectivity index (χ2n) is 9.14. The predicted molar refractivity (Wildman–Crippen MR) is 129 cm³/mol. The number of carbonyl (C=O) groups excluding carboxylic acids is 1. The van der Waals surface area contributed by atoms with E-state index >= 15 is 0 Å². The first kappa shape index (κ1) is 33.0. The number of carbonyl (C=O) groups is 1. The fraction of sp³-hybridized carbons (Fsp3) is 0.731. The number of hydrogen-bond acceptors (Lipinski definition) is 5. The van der Waals surface area contributed by atoms with E-state index < -0.39 is 46.9 Å². The van der Waals surface area contributed by atoms with Crippen molar-refractivity contribution in [3.05, 3.63) is 29.1 Å². The minimum Gasteiger partial charge on any atom is -0.404 e. The molecule has 0 fully saturated rings. The van der Waals surface area contributed by atoms with Gasteiger partial charge in [0.05, 0.1) is 6.10 Å². The molecule has 0 aliphatic heterocycles. The zero-order valence-electron chi connectivity index (χ0n) is 22.4. The van der Waals surface area contributed by atoms with Crippen LogP contribution < -0.4 is 10.1 Å². The van der Waals surface area contributed by atoms with E-state index in [9.17, 15) is 26.7 Å². The van der Waals surface area contributed by atoms with Crippen molar-refractivity contribution in [2.24, 2.45) is 5.92 Å². The van der Waals surface area contributed by atoms with Gasteiger partial charge in [0.15, 0.2) is 0 Å². The number of nitrogens with one attached hydrogen (secondary N) is 1. The lowest BCUT2D eigenvalue weighted by Crippen LogP contribution is -2.46. The molecule has 0 spiro atoms.